The van der Waals surface area contributed by atoms with E-state index >= 15 is 0 Å². The second kappa shape index (κ2) is 9.05. The number of nitrogens with zero attached hydrogens (tertiary/aromatic N) is 1. The molecule has 2 aromatic rings. The van der Waals surface area contributed by atoms with Crippen LogP contribution in [0.3, 0.4) is 0 Å². The smallest absolute Gasteiger partial charge is 0.125 e. The summed E-state index contributed by atoms with van der Waals surface area (Å²) in [5.74, 6) is 1.41. The fourth-order valence-corrected chi connectivity index (χ4v) is 3.02. The van der Waals surface area contributed by atoms with E-state index in [1.54, 1.807) is 11.8 Å². The van der Waals surface area contributed by atoms with Gasteiger partial charge in [-0.1, -0.05) is 13.0 Å². The van der Waals surface area contributed by atoms with Gasteiger partial charge in [-0.15, -0.1) is 11.8 Å². The maximum absolute atomic E-state index is 4.50. The molecule has 2 unspecified atom stereocenters. The number of hydrogen-bond acceptors (Lipinski definition) is 7. The summed E-state index contributed by atoms with van der Waals surface area (Å²) in [6.07, 6.45) is 4.01. The third-order valence-corrected chi connectivity index (χ3v) is 4.95. The van der Waals surface area contributed by atoms with Crippen molar-refractivity contribution in [2.75, 3.05) is 36.5 Å². The van der Waals surface area contributed by atoms with Gasteiger partial charge in [0.25, 0.3) is 0 Å². The molecule has 2 atom stereocenters. The molecule has 0 saturated carbocycles. The number of anilines is 2. The van der Waals surface area contributed by atoms with Gasteiger partial charge in [0.15, 0.2) is 0 Å². The van der Waals surface area contributed by atoms with Gasteiger partial charge in [-0.2, -0.15) is 5.53 Å². The van der Waals surface area contributed by atoms with Crippen LogP contribution >= 0.6 is 11.8 Å². The zero-order chi connectivity index (χ0) is 17.5. The molecular weight excluding hydrogens is 332 g/mol. The molecule has 2 heterocycles. The maximum Gasteiger partial charge on any atom is 0.125 e. The molecule has 1 aromatic heterocycles. The molecule has 0 aliphatic carbocycles. The molecule has 0 amide bonds. The normalized spacial score (nSPS) is 18.1. The van der Waals surface area contributed by atoms with Crippen LogP contribution < -0.4 is 27.0 Å². The van der Waals surface area contributed by atoms with Crippen LogP contribution in [0.15, 0.2) is 47.5 Å². The highest BCUT2D eigenvalue weighted by atomic mass is 32.2. The third-order valence-electron chi connectivity index (χ3n) is 4.21. The molecule has 1 saturated heterocycles. The second-order valence-corrected chi connectivity index (χ2v) is 7.15. The molecule has 6 nitrogen and oxygen atoms in total. The molecule has 25 heavy (non-hydrogen) atoms. The van der Waals surface area contributed by atoms with Gasteiger partial charge in [-0.05, 0) is 48.1 Å². The molecule has 7 heteroatoms. The first-order valence-electron chi connectivity index (χ1n) is 8.56. The van der Waals surface area contributed by atoms with Gasteiger partial charge in [0.2, 0.25) is 0 Å². The minimum atomic E-state index is 0.266. The Labute approximate surface area is 153 Å². The van der Waals surface area contributed by atoms with Gasteiger partial charge in [0, 0.05) is 36.4 Å². The molecule has 134 valence electrons. The standard InChI is InChI=1S/C18H26N6S/c1-13(9-19-15-4-6-16(25-2)7-5-15)10-20-18-8-3-14(11-21-18)17-12-22-24-23-17/h3-8,11,13,17,19,22-24H,9-10,12H2,1-2H3,(H,20,21). The molecule has 0 bridgehead atoms. The summed E-state index contributed by atoms with van der Waals surface area (Å²) in [6, 6.07) is 13.0. The van der Waals surface area contributed by atoms with Crippen molar-refractivity contribution >= 4 is 23.3 Å². The molecule has 1 aliphatic heterocycles. The van der Waals surface area contributed by atoms with Crippen LogP contribution in [-0.4, -0.2) is 30.9 Å². The number of aromatic nitrogens is 1. The second-order valence-electron chi connectivity index (χ2n) is 6.28. The quantitative estimate of drug-likeness (QED) is 0.465. The monoisotopic (exact) mass is 358 g/mol. The van der Waals surface area contributed by atoms with Crippen molar-refractivity contribution in [2.45, 2.75) is 17.9 Å². The van der Waals surface area contributed by atoms with Crippen molar-refractivity contribution in [1.29, 1.82) is 0 Å². The van der Waals surface area contributed by atoms with Crippen molar-refractivity contribution in [3.63, 3.8) is 0 Å². The largest absolute Gasteiger partial charge is 0.385 e. The zero-order valence-corrected chi connectivity index (χ0v) is 15.5. The lowest BCUT2D eigenvalue weighted by Gasteiger charge is -2.15. The van der Waals surface area contributed by atoms with E-state index in [2.05, 4.69) is 75.5 Å². The number of pyridine rings is 1. The molecular formula is C18H26N6S. The molecule has 1 aromatic carbocycles. The van der Waals surface area contributed by atoms with Crippen LogP contribution in [0.25, 0.3) is 0 Å². The van der Waals surface area contributed by atoms with Crippen molar-refractivity contribution in [3.8, 4) is 0 Å². The predicted molar refractivity (Wildman–Crippen MR) is 106 cm³/mol. The number of hydrogen-bond donors (Lipinski definition) is 5. The number of rotatable bonds is 8. The summed E-state index contributed by atoms with van der Waals surface area (Å²) >= 11 is 1.76. The Kier molecular flexibility index (Phi) is 6.52. The van der Waals surface area contributed by atoms with Crippen LogP contribution in [0.2, 0.25) is 0 Å². The van der Waals surface area contributed by atoms with Gasteiger partial charge < -0.3 is 10.6 Å². The molecule has 0 radical (unpaired) electrons. The van der Waals surface area contributed by atoms with Crippen LogP contribution in [0.1, 0.15) is 18.5 Å². The number of benzene rings is 1. The number of nitrogens with one attached hydrogen (secondary N) is 5. The molecule has 3 rings (SSSR count). The summed E-state index contributed by atoms with van der Waals surface area (Å²) in [6.45, 7) is 4.89. The lowest BCUT2D eigenvalue weighted by Crippen LogP contribution is -2.30. The highest BCUT2D eigenvalue weighted by molar-refractivity contribution is 7.98. The Morgan fingerprint density at radius 2 is 1.96 bits per heavy atom. The fraction of sp³-hybridized carbons (Fsp3) is 0.389. The van der Waals surface area contributed by atoms with E-state index in [0.29, 0.717) is 5.92 Å². The Bertz CT molecular complexity index is 640. The Balaban J connectivity index is 1.41. The first-order chi connectivity index (χ1) is 12.2. The molecule has 1 aliphatic rings. The SMILES string of the molecule is CSc1ccc(NCC(C)CNc2ccc(C3CNNN3)cn2)cc1. The Hall–Kier alpha value is -1.80. The van der Waals surface area contributed by atoms with Crippen molar-refractivity contribution < 1.29 is 0 Å². The molecule has 1 fully saturated rings. The van der Waals surface area contributed by atoms with Crippen LogP contribution in [0, 0.1) is 5.92 Å². The zero-order valence-electron chi connectivity index (χ0n) is 14.7. The predicted octanol–water partition coefficient (Wildman–Crippen LogP) is 2.62. The molecule has 5 N–H and O–H groups in total. The first-order valence-corrected chi connectivity index (χ1v) is 9.78. The van der Waals surface area contributed by atoms with E-state index < -0.39 is 0 Å². The highest BCUT2D eigenvalue weighted by Crippen LogP contribution is 2.18. The lowest BCUT2D eigenvalue weighted by atomic mass is 10.1. The van der Waals surface area contributed by atoms with Gasteiger partial charge in [0.1, 0.15) is 5.82 Å². The lowest BCUT2D eigenvalue weighted by molar-refractivity contribution is 0.554. The van der Waals surface area contributed by atoms with Gasteiger partial charge in [0.05, 0.1) is 6.04 Å². The van der Waals surface area contributed by atoms with Crippen LogP contribution in [-0.2, 0) is 0 Å². The van der Waals surface area contributed by atoms with E-state index in [9.17, 15) is 0 Å². The van der Waals surface area contributed by atoms with Gasteiger partial charge in [-0.25, -0.2) is 15.8 Å². The highest BCUT2D eigenvalue weighted by Gasteiger charge is 2.15. The summed E-state index contributed by atoms with van der Waals surface area (Å²) < 4.78 is 0. The van der Waals surface area contributed by atoms with Crippen molar-refractivity contribution in [1.82, 2.24) is 21.4 Å². The van der Waals surface area contributed by atoms with Crippen LogP contribution in [0.5, 0.6) is 0 Å². The maximum atomic E-state index is 4.50. The third kappa shape index (κ3) is 5.34. The summed E-state index contributed by atoms with van der Waals surface area (Å²) in [5.41, 5.74) is 11.4. The number of hydrazine groups is 2. The number of thioether (sulfide) groups is 1. The summed E-state index contributed by atoms with van der Waals surface area (Å²) in [7, 11) is 0. The van der Waals surface area contributed by atoms with Gasteiger partial charge in [-0.3, -0.25) is 0 Å². The minimum absolute atomic E-state index is 0.266. The topological polar surface area (TPSA) is 73.0 Å². The summed E-state index contributed by atoms with van der Waals surface area (Å²) in [5, 5.41) is 6.90. The van der Waals surface area contributed by atoms with Gasteiger partial charge >= 0.3 is 0 Å². The van der Waals surface area contributed by atoms with Crippen molar-refractivity contribution in [2.24, 2.45) is 5.92 Å². The van der Waals surface area contributed by atoms with Crippen LogP contribution in [0.4, 0.5) is 11.5 Å². The Morgan fingerprint density at radius 1 is 1.16 bits per heavy atom. The van der Waals surface area contributed by atoms with E-state index in [-0.39, 0.29) is 6.04 Å². The van der Waals surface area contributed by atoms with Crippen molar-refractivity contribution in [3.05, 3.63) is 48.2 Å². The summed E-state index contributed by atoms with van der Waals surface area (Å²) in [4.78, 5) is 5.79. The molecule has 0 spiro atoms. The first kappa shape index (κ1) is 18.0. The average Bonchev–Trinajstić information content (AvgIpc) is 3.20. The van der Waals surface area contributed by atoms with E-state index in [0.717, 1.165) is 25.5 Å². The average molecular weight is 359 g/mol. The Morgan fingerprint density at radius 3 is 2.60 bits per heavy atom. The van der Waals surface area contributed by atoms with E-state index in [4.69, 9.17) is 0 Å². The minimum Gasteiger partial charge on any atom is -0.385 e. The van der Waals surface area contributed by atoms with E-state index in [1.807, 2.05) is 12.3 Å². The fourth-order valence-electron chi connectivity index (χ4n) is 2.61. The van der Waals surface area contributed by atoms with E-state index in [1.165, 1.54) is 16.1 Å².